The second-order valence-electron chi connectivity index (χ2n) is 20.2. The lowest BCUT2D eigenvalue weighted by atomic mass is 9.89. The molecule has 0 atom stereocenters. The zero-order chi connectivity index (χ0) is 48.8. The third-order valence-electron chi connectivity index (χ3n) is 15.1. The minimum absolute atomic E-state index is 0.0288. The van der Waals surface area contributed by atoms with E-state index in [-0.39, 0.29) is 51.5 Å². The summed E-state index contributed by atoms with van der Waals surface area (Å²) in [6.07, 6.45) is 0. The van der Waals surface area contributed by atoms with Gasteiger partial charge in [0, 0.05) is 0 Å². The fourth-order valence-electron chi connectivity index (χ4n) is 11.3. The van der Waals surface area contributed by atoms with Crippen LogP contribution >= 0.6 is 0 Å². The van der Waals surface area contributed by atoms with Crippen LogP contribution in [0.1, 0.15) is 98.2 Å². The molecule has 0 unspecified atom stereocenters. The van der Waals surface area contributed by atoms with Gasteiger partial charge >= 0.3 is 0 Å². The summed E-state index contributed by atoms with van der Waals surface area (Å²) in [5.41, 5.74) is 5.89. The molecule has 0 aliphatic heterocycles. The molecule has 0 saturated carbocycles. The normalized spacial score (nSPS) is 12.4. The Bertz CT molecular complexity index is 4140. The summed E-state index contributed by atoms with van der Waals surface area (Å²) in [7, 11) is 0. The molecule has 342 valence electrons. The number of aromatic nitrogens is 2. The van der Waals surface area contributed by atoms with Crippen LogP contribution in [-0.2, 0) is 0 Å². The van der Waals surface area contributed by atoms with Gasteiger partial charge in [0.1, 0.15) is 11.5 Å². The fourth-order valence-corrected chi connectivity index (χ4v) is 11.3. The molecule has 8 nitrogen and oxygen atoms in total. The number of phenolic OH excluding ortho intramolecular Hbond substituents is 2. The van der Waals surface area contributed by atoms with Gasteiger partial charge in [0.2, 0.25) is 0 Å². The smallest absolute Gasteiger partial charge is 0.266 e. The molecule has 0 radical (unpaired) electrons. The Balaban J connectivity index is 1.09. The van der Waals surface area contributed by atoms with Gasteiger partial charge in [-0.25, -0.2) is 9.13 Å². The number of rotatable bonds is 5. The third kappa shape index (κ3) is 6.34. The maximum absolute atomic E-state index is 14.5. The highest BCUT2D eigenvalue weighted by Crippen LogP contribution is 2.40. The Morgan fingerprint density at radius 1 is 0.333 bits per heavy atom. The number of aryl methyl sites for hydroxylation is 4. The summed E-state index contributed by atoms with van der Waals surface area (Å²) in [4.78, 5) is 57.1. The Labute approximate surface area is 397 Å². The molecule has 11 aromatic rings. The van der Waals surface area contributed by atoms with Crippen LogP contribution in [0.4, 0.5) is 0 Å². The van der Waals surface area contributed by atoms with Crippen LogP contribution in [-0.4, -0.2) is 19.3 Å². The van der Waals surface area contributed by atoms with Crippen LogP contribution in [0.25, 0.3) is 97.6 Å². The topological polar surface area (TPSA) is 119 Å². The highest BCUT2D eigenvalue weighted by Gasteiger charge is 2.25. The average Bonchev–Trinajstić information content (AvgIpc) is 3.70. The van der Waals surface area contributed by atoms with Crippen LogP contribution in [0.2, 0.25) is 0 Å². The van der Waals surface area contributed by atoms with Gasteiger partial charge in [-0.1, -0.05) is 65.8 Å². The molecule has 0 amide bonds. The number of nitrogens with zero attached hydrogens (tertiary/aromatic N) is 2. The van der Waals surface area contributed by atoms with Gasteiger partial charge in [-0.2, -0.15) is 0 Å². The molecule has 0 fully saturated rings. The number of aromatic hydroxyl groups is 2. The molecule has 0 aliphatic carbocycles. The zero-order valence-electron chi connectivity index (χ0n) is 40.5. The van der Waals surface area contributed by atoms with E-state index in [0.717, 1.165) is 104 Å². The van der Waals surface area contributed by atoms with Gasteiger partial charge in [-0.3, -0.25) is 19.2 Å². The van der Waals surface area contributed by atoms with E-state index in [4.69, 9.17) is 0 Å². The first kappa shape index (κ1) is 43.7. The second kappa shape index (κ2) is 15.3. The number of benzene rings is 8. The summed E-state index contributed by atoms with van der Waals surface area (Å²) in [6.45, 7) is 20.3. The van der Waals surface area contributed by atoms with Crippen molar-refractivity contribution in [2.24, 2.45) is 0 Å². The van der Waals surface area contributed by atoms with Gasteiger partial charge < -0.3 is 10.2 Å². The molecular formula is C61H52N2O6. The average molecular weight is 909 g/mol. The highest BCUT2D eigenvalue weighted by molar-refractivity contribution is 6.15. The summed E-state index contributed by atoms with van der Waals surface area (Å²) in [5, 5.41) is 34.5. The first-order chi connectivity index (χ1) is 32.8. The first-order valence-electron chi connectivity index (χ1n) is 23.8. The zero-order valence-corrected chi connectivity index (χ0v) is 40.5. The van der Waals surface area contributed by atoms with E-state index >= 15 is 0 Å². The molecular weight excluding hydrogens is 857 g/mol. The number of hydrogen-bond acceptors (Lipinski definition) is 6. The highest BCUT2D eigenvalue weighted by atomic mass is 16.3. The number of hydrogen-bond donors (Lipinski definition) is 2. The quantitative estimate of drug-likeness (QED) is 0.166. The van der Waals surface area contributed by atoms with Crippen molar-refractivity contribution in [1.29, 1.82) is 0 Å². The lowest BCUT2D eigenvalue weighted by Crippen LogP contribution is -2.26. The maximum Gasteiger partial charge on any atom is 0.266 e. The molecule has 0 spiro atoms. The SMILES string of the molecule is Cc1c2cc3ccc4cc5c(C)c6cc7c(=O)n(-c8c(C(C)C)cc(O)cc8C(C)C)c(=O)c7cc6c(C)c5cc4ccc3cc2c(C)c2cc3c(=O)n(-c4ccc(O)cc4C(C)C)c(=O)c3cc12. The van der Waals surface area contributed by atoms with Crippen molar-refractivity contribution < 1.29 is 10.2 Å². The number of phenols is 2. The number of fused-ring (bicyclic) bond motifs is 8. The summed E-state index contributed by atoms with van der Waals surface area (Å²) in [6, 6.07) is 33.2. The van der Waals surface area contributed by atoms with E-state index in [1.165, 1.54) is 15.2 Å². The fraction of sp³-hybridized carbons (Fsp3) is 0.213. The molecule has 9 aromatic carbocycles. The van der Waals surface area contributed by atoms with Gasteiger partial charge in [-0.15, -0.1) is 0 Å². The molecule has 0 aliphatic rings. The lowest BCUT2D eigenvalue weighted by Gasteiger charge is -2.20. The standard InChI is InChI=1S/C61H52N2O6/c1-28(2)41-21-39(64)15-16-56(41)62-58(66)52-24-48-31(7)44-17-35-11-13-37-19-46-33(9)50-26-54-55(61(69)63(60(54)68)57-42(29(3)4)22-40(65)23-43(57)30(5)6)27-51(50)34(10)47(46)20-38(37)14-12-36(35)18-45(44)32(8)49(48)25-53(52)59(62)67/h11-30,64-65H,1-10H3. The van der Waals surface area contributed by atoms with E-state index in [0.29, 0.717) is 32.9 Å². The third-order valence-corrected chi connectivity index (χ3v) is 15.1. The Morgan fingerprint density at radius 3 is 0.942 bits per heavy atom. The van der Waals surface area contributed by atoms with E-state index in [9.17, 15) is 29.4 Å². The summed E-state index contributed by atoms with van der Waals surface area (Å²) < 4.78 is 2.58. The molecule has 69 heavy (non-hydrogen) atoms. The van der Waals surface area contributed by atoms with Gasteiger partial charge in [-0.05, 0) is 228 Å². The predicted molar refractivity (Wildman–Crippen MR) is 286 cm³/mol. The lowest BCUT2D eigenvalue weighted by molar-refractivity contribution is 0.472. The van der Waals surface area contributed by atoms with Crippen molar-refractivity contribution in [2.75, 3.05) is 0 Å². The van der Waals surface area contributed by atoms with Crippen molar-refractivity contribution in [1.82, 2.24) is 9.13 Å². The predicted octanol–water partition coefficient (Wildman–Crippen LogP) is 13.4. The van der Waals surface area contributed by atoms with Crippen LogP contribution in [0, 0.1) is 27.7 Å². The maximum atomic E-state index is 14.5. The Hall–Kier alpha value is -7.84. The van der Waals surface area contributed by atoms with Gasteiger partial charge in [0.15, 0.2) is 0 Å². The van der Waals surface area contributed by atoms with Gasteiger partial charge in [0.25, 0.3) is 22.2 Å². The molecule has 2 heterocycles. The minimum Gasteiger partial charge on any atom is -0.508 e. The van der Waals surface area contributed by atoms with Crippen LogP contribution in [0.3, 0.4) is 0 Å². The molecule has 11 rings (SSSR count). The Kier molecular flexibility index (Phi) is 9.72. The first-order valence-corrected chi connectivity index (χ1v) is 23.8. The molecule has 8 heteroatoms. The molecule has 2 aromatic heterocycles. The van der Waals surface area contributed by atoms with Gasteiger partial charge in [0.05, 0.1) is 32.9 Å². The summed E-state index contributed by atoms with van der Waals surface area (Å²) >= 11 is 0. The van der Waals surface area contributed by atoms with Crippen molar-refractivity contribution in [3.05, 3.63) is 183 Å². The second-order valence-corrected chi connectivity index (χ2v) is 20.2. The summed E-state index contributed by atoms with van der Waals surface area (Å²) in [5.74, 6) is 0.0837. The molecule has 2 N–H and O–H groups in total. The minimum atomic E-state index is -0.373. The van der Waals surface area contributed by atoms with E-state index in [1.54, 1.807) is 24.3 Å². The van der Waals surface area contributed by atoms with E-state index < -0.39 is 0 Å². The van der Waals surface area contributed by atoms with Crippen LogP contribution < -0.4 is 22.2 Å². The van der Waals surface area contributed by atoms with Crippen molar-refractivity contribution >= 4 is 86.2 Å². The van der Waals surface area contributed by atoms with Crippen molar-refractivity contribution in [3.63, 3.8) is 0 Å². The largest absolute Gasteiger partial charge is 0.508 e. The molecule has 0 saturated heterocycles. The monoisotopic (exact) mass is 908 g/mol. The van der Waals surface area contributed by atoms with Crippen LogP contribution in [0.5, 0.6) is 11.5 Å². The van der Waals surface area contributed by atoms with Crippen molar-refractivity contribution in [3.8, 4) is 22.9 Å². The van der Waals surface area contributed by atoms with E-state index in [2.05, 4.69) is 76.2 Å². The van der Waals surface area contributed by atoms with Crippen LogP contribution in [0.15, 0.2) is 122 Å². The van der Waals surface area contributed by atoms with E-state index in [1.807, 2.05) is 65.8 Å². The molecule has 0 bridgehead atoms. The van der Waals surface area contributed by atoms with Crippen molar-refractivity contribution in [2.45, 2.75) is 87.0 Å². The Morgan fingerprint density at radius 2 is 0.623 bits per heavy atom.